The number of fused-ring (bicyclic) bond motifs is 3. The Morgan fingerprint density at radius 2 is 1.80 bits per heavy atom. The highest BCUT2D eigenvalue weighted by Crippen LogP contribution is 2.48. The van der Waals surface area contributed by atoms with Gasteiger partial charge in [-0.1, -0.05) is 61.4 Å². The number of allylic oxidation sites excluding steroid dienone is 1. The van der Waals surface area contributed by atoms with Crippen LogP contribution in [0.25, 0.3) is 21.6 Å². The van der Waals surface area contributed by atoms with E-state index >= 15 is 0 Å². The summed E-state index contributed by atoms with van der Waals surface area (Å²) in [4.78, 5) is 68.2. The highest BCUT2D eigenvalue weighted by atomic mass is 32.2. The molecule has 1 saturated heterocycles. The molecule has 3 amide bonds. The molecule has 2 aliphatic heterocycles. The van der Waals surface area contributed by atoms with Crippen LogP contribution in [-0.4, -0.2) is 86.1 Å². The van der Waals surface area contributed by atoms with Gasteiger partial charge in [-0.05, 0) is 111 Å². The van der Waals surface area contributed by atoms with E-state index in [2.05, 4.69) is 27.6 Å². The monoisotopic (exact) mass is 940 g/mol. The van der Waals surface area contributed by atoms with Crippen LogP contribution in [0.15, 0.2) is 66.1 Å². The van der Waals surface area contributed by atoms with Crippen LogP contribution in [0.4, 0.5) is 0 Å². The number of nitrogens with one attached hydrogen (secondary N) is 2. The summed E-state index contributed by atoms with van der Waals surface area (Å²) < 4.78 is 42.3. The molecule has 2 N–H and O–H groups in total. The standard InChI is InChI=1S/C50H64N6O8S2/c1-32(2)56-39-23-16-22-38(44-51-36(31-65-44)27-33-17-11-10-12-18-33)42(39)52-47(56)63-37-28-40-43(58)53-50(46(60)54-66(61,62)49(6)25-26-49)29-35(50)21-14-9-7-8-13-19-34(45(59)55(40)30-37)20-15-24-41(57)64-48(3,4)5/h10-12,14,16-18,21-23,31-32,34-35,37,40H,7-9,13,15,19-20,24-30H2,1-6H3,(H,53,58)(H,54,60). The first-order valence-corrected chi connectivity index (χ1v) is 26.0. The van der Waals surface area contributed by atoms with Gasteiger partial charge in [-0.3, -0.25) is 28.5 Å². The Kier molecular flexibility index (Phi) is 13.6. The minimum Gasteiger partial charge on any atom is -0.460 e. The zero-order valence-corrected chi connectivity index (χ0v) is 40.6. The number of hydrogen-bond donors (Lipinski definition) is 2. The predicted octanol–water partition coefficient (Wildman–Crippen LogP) is 8.20. The number of amides is 3. The average molecular weight is 941 g/mol. The van der Waals surface area contributed by atoms with Crippen LogP contribution in [-0.2, 0) is 40.4 Å². The van der Waals surface area contributed by atoms with Crippen LogP contribution in [0, 0.1) is 11.8 Å². The second-order valence-electron chi connectivity index (χ2n) is 20.2. The maximum absolute atomic E-state index is 14.9. The number of benzene rings is 2. The van der Waals surface area contributed by atoms with Crippen molar-refractivity contribution in [3.05, 3.63) is 77.3 Å². The van der Waals surface area contributed by atoms with Gasteiger partial charge in [-0.15, -0.1) is 11.3 Å². The number of para-hydroxylation sites is 1. The molecule has 2 aromatic carbocycles. The summed E-state index contributed by atoms with van der Waals surface area (Å²) >= 11 is 1.56. The minimum absolute atomic E-state index is 0.0660. The number of esters is 1. The van der Waals surface area contributed by atoms with E-state index in [9.17, 15) is 27.6 Å². The lowest BCUT2D eigenvalue weighted by molar-refractivity contribution is -0.155. The molecule has 4 heterocycles. The van der Waals surface area contributed by atoms with Crippen molar-refractivity contribution in [3.8, 4) is 16.6 Å². The summed E-state index contributed by atoms with van der Waals surface area (Å²) in [6.45, 7) is 11.3. The van der Waals surface area contributed by atoms with Crippen molar-refractivity contribution in [2.24, 2.45) is 11.8 Å². The van der Waals surface area contributed by atoms with E-state index in [1.165, 1.54) is 5.56 Å². The Labute approximate surface area is 392 Å². The number of imidazole rings is 1. The molecule has 2 aliphatic carbocycles. The number of sulfonamides is 1. The largest absolute Gasteiger partial charge is 0.460 e. The molecule has 16 heteroatoms. The van der Waals surface area contributed by atoms with Crippen molar-refractivity contribution in [2.75, 3.05) is 6.54 Å². The smallest absolute Gasteiger partial charge is 0.306 e. The molecule has 66 heavy (non-hydrogen) atoms. The van der Waals surface area contributed by atoms with Gasteiger partial charge < -0.3 is 19.7 Å². The molecular formula is C50H64N6O8S2. The molecule has 4 aromatic rings. The van der Waals surface area contributed by atoms with Crippen molar-refractivity contribution < 1.29 is 37.1 Å². The van der Waals surface area contributed by atoms with E-state index in [0.29, 0.717) is 44.5 Å². The molecular weight excluding hydrogens is 877 g/mol. The summed E-state index contributed by atoms with van der Waals surface area (Å²) in [5.41, 5.74) is 2.47. The fourth-order valence-corrected chi connectivity index (χ4v) is 11.5. The Morgan fingerprint density at radius 3 is 2.53 bits per heavy atom. The van der Waals surface area contributed by atoms with E-state index in [1.807, 2.05) is 87.7 Å². The van der Waals surface area contributed by atoms with E-state index < -0.39 is 61.7 Å². The second kappa shape index (κ2) is 18.9. The zero-order valence-electron chi connectivity index (χ0n) is 39.0. The number of ether oxygens (including phenoxy) is 2. The lowest BCUT2D eigenvalue weighted by atomic mass is 9.93. The fraction of sp³-hybridized carbons (Fsp3) is 0.560. The number of thiazole rings is 1. The fourth-order valence-electron chi connectivity index (χ4n) is 9.36. The van der Waals surface area contributed by atoms with Crippen LogP contribution in [0.1, 0.15) is 136 Å². The minimum atomic E-state index is -3.99. The third-order valence-corrected chi connectivity index (χ3v) is 16.5. The Balaban J connectivity index is 1.09. The van der Waals surface area contributed by atoms with Crippen molar-refractivity contribution >= 4 is 56.1 Å². The van der Waals surface area contributed by atoms with Gasteiger partial charge in [-0.2, -0.15) is 4.98 Å². The maximum Gasteiger partial charge on any atom is 0.306 e. The Morgan fingerprint density at radius 1 is 1.03 bits per heavy atom. The number of hydrogen-bond acceptors (Lipinski definition) is 11. The topological polar surface area (TPSA) is 179 Å². The third kappa shape index (κ3) is 10.4. The van der Waals surface area contributed by atoms with Crippen molar-refractivity contribution in [1.29, 1.82) is 0 Å². The van der Waals surface area contributed by atoms with E-state index in [1.54, 1.807) is 23.2 Å². The molecule has 4 aliphatic rings. The van der Waals surface area contributed by atoms with E-state index in [0.717, 1.165) is 53.0 Å². The van der Waals surface area contributed by atoms with Crippen LogP contribution >= 0.6 is 11.3 Å². The van der Waals surface area contributed by atoms with Gasteiger partial charge in [0.25, 0.3) is 11.9 Å². The average Bonchev–Trinajstić information content (AvgIpc) is 3.95. The van der Waals surface area contributed by atoms with Gasteiger partial charge in [0.05, 0.1) is 22.5 Å². The van der Waals surface area contributed by atoms with E-state index in [-0.39, 0.29) is 43.7 Å². The number of carbonyl (C=O) groups excluding carboxylic acids is 4. The molecule has 2 aromatic heterocycles. The molecule has 2 saturated carbocycles. The SMILES string of the molecule is CC(C)n1c(OC2CC3C(=O)NC4(C(=O)NS(=O)(=O)C5(C)CC5)CC4C=CCCCCCC(CCCC(=O)OC(C)(C)C)C(=O)N3C2)nc2c(-c3nc(Cc4ccccc4)cs3)cccc21. The number of aromatic nitrogens is 3. The number of nitrogens with zero attached hydrogens (tertiary/aromatic N) is 4. The van der Waals surface area contributed by atoms with Gasteiger partial charge in [0.15, 0.2) is 0 Å². The molecule has 0 radical (unpaired) electrons. The summed E-state index contributed by atoms with van der Waals surface area (Å²) in [5, 5.41) is 5.90. The first-order valence-electron chi connectivity index (χ1n) is 23.6. The molecule has 354 valence electrons. The zero-order chi connectivity index (χ0) is 47.0. The van der Waals surface area contributed by atoms with Gasteiger partial charge in [0.1, 0.15) is 33.8 Å². The van der Waals surface area contributed by atoms with Gasteiger partial charge in [0, 0.05) is 48.1 Å². The number of rotatable bonds is 13. The lowest BCUT2D eigenvalue weighted by Crippen LogP contribution is -2.57. The third-order valence-electron chi connectivity index (χ3n) is 13.4. The second-order valence-corrected chi connectivity index (χ2v) is 23.3. The summed E-state index contributed by atoms with van der Waals surface area (Å²) in [6.07, 6.45) is 10.0. The molecule has 3 fully saturated rings. The Hall–Kier alpha value is -5.09. The van der Waals surface area contributed by atoms with Gasteiger partial charge in [-0.25, -0.2) is 13.4 Å². The summed E-state index contributed by atoms with van der Waals surface area (Å²) in [6, 6.07) is 15.5. The maximum atomic E-state index is 14.9. The predicted molar refractivity (Wildman–Crippen MR) is 254 cm³/mol. The highest BCUT2D eigenvalue weighted by molar-refractivity contribution is 7.91. The number of carbonyl (C=O) groups is 4. The van der Waals surface area contributed by atoms with Gasteiger partial charge >= 0.3 is 5.97 Å². The normalized spacial score (nSPS) is 24.5. The first-order chi connectivity index (χ1) is 31.4. The van der Waals surface area contributed by atoms with Crippen LogP contribution in [0.2, 0.25) is 0 Å². The molecule has 5 atom stereocenters. The summed E-state index contributed by atoms with van der Waals surface area (Å²) in [7, 11) is -3.99. The lowest BCUT2D eigenvalue weighted by Gasteiger charge is -2.30. The molecule has 14 nitrogen and oxygen atoms in total. The molecule has 8 rings (SSSR count). The van der Waals surface area contributed by atoms with Crippen molar-refractivity contribution in [1.82, 2.24) is 29.5 Å². The van der Waals surface area contributed by atoms with Crippen LogP contribution in [0.3, 0.4) is 0 Å². The first kappa shape index (κ1) is 47.4. The Bertz CT molecular complexity index is 2590. The van der Waals surface area contributed by atoms with Crippen molar-refractivity contribution in [2.45, 2.75) is 159 Å². The van der Waals surface area contributed by atoms with Crippen molar-refractivity contribution in [3.63, 3.8) is 0 Å². The quantitative estimate of drug-likeness (QED) is 0.0981. The van der Waals surface area contributed by atoms with E-state index in [4.69, 9.17) is 19.4 Å². The molecule has 5 unspecified atom stereocenters. The van der Waals surface area contributed by atoms with Gasteiger partial charge in [0.2, 0.25) is 21.8 Å². The molecule has 0 bridgehead atoms. The highest BCUT2D eigenvalue weighted by Gasteiger charge is 2.63. The van der Waals surface area contributed by atoms with Crippen LogP contribution in [0.5, 0.6) is 6.01 Å². The van der Waals surface area contributed by atoms with Crippen LogP contribution < -0.4 is 14.8 Å². The molecule has 0 spiro atoms. The summed E-state index contributed by atoms with van der Waals surface area (Å²) in [5.74, 6) is -2.76.